The molecule has 0 heterocycles. The van der Waals surface area contributed by atoms with Crippen LogP contribution in [0.2, 0.25) is 0 Å². The monoisotopic (exact) mass is 280 g/mol. The van der Waals surface area contributed by atoms with E-state index in [9.17, 15) is 9.59 Å². The molecule has 0 bridgehead atoms. The standard InChI is InChI=1S/C14H20N2O4/c1-10(2)16(8-11-6-4-3-5-7-11)14(20)15-12(9-17)13(18)19/h3-7,10,12,17H,8-9H2,1-2H3,(H,15,20)(H,18,19). The fourth-order valence-corrected chi connectivity index (χ4v) is 1.69. The van der Waals surface area contributed by atoms with Crippen molar-refractivity contribution in [1.29, 1.82) is 0 Å². The summed E-state index contributed by atoms with van der Waals surface area (Å²) in [7, 11) is 0. The molecule has 1 atom stereocenters. The number of nitrogens with zero attached hydrogens (tertiary/aromatic N) is 1. The van der Waals surface area contributed by atoms with E-state index in [2.05, 4.69) is 5.32 Å². The molecule has 0 spiro atoms. The topological polar surface area (TPSA) is 89.9 Å². The van der Waals surface area contributed by atoms with Crippen molar-refractivity contribution >= 4 is 12.0 Å². The first kappa shape index (κ1) is 16.0. The smallest absolute Gasteiger partial charge is 0.328 e. The highest BCUT2D eigenvalue weighted by molar-refractivity contribution is 5.82. The van der Waals surface area contributed by atoms with E-state index in [0.29, 0.717) is 6.54 Å². The summed E-state index contributed by atoms with van der Waals surface area (Å²) in [5.41, 5.74) is 0.951. The van der Waals surface area contributed by atoms with Gasteiger partial charge in [0.1, 0.15) is 0 Å². The first-order valence-electron chi connectivity index (χ1n) is 6.40. The van der Waals surface area contributed by atoms with Crippen LogP contribution in [0.3, 0.4) is 0 Å². The zero-order chi connectivity index (χ0) is 15.1. The zero-order valence-corrected chi connectivity index (χ0v) is 11.6. The number of aliphatic hydroxyl groups is 1. The van der Waals surface area contributed by atoms with Crippen LogP contribution in [0.25, 0.3) is 0 Å². The summed E-state index contributed by atoms with van der Waals surface area (Å²) in [6.07, 6.45) is 0. The average molecular weight is 280 g/mol. The van der Waals surface area contributed by atoms with Gasteiger partial charge in [-0.3, -0.25) is 0 Å². The lowest BCUT2D eigenvalue weighted by molar-refractivity contribution is -0.140. The Morgan fingerprint density at radius 2 is 1.85 bits per heavy atom. The Morgan fingerprint density at radius 3 is 2.30 bits per heavy atom. The molecular formula is C14H20N2O4. The van der Waals surface area contributed by atoms with E-state index in [4.69, 9.17) is 10.2 Å². The highest BCUT2D eigenvalue weighted by Crippen LogP contribution is 2.08. The number of hydrogen-bond acceptors (Lipinski definition) is 3. The predicted molar refractivity (Wildman–Crippen MR) is 74.2 cm³/mol. The first-order valence-corrected chi connectivity index (χ1v) is 6.40. The van der Waals surface area contributed by atoms with Crippen molar-refractivity contribution in [2.24, 2.45) is 0 Å². The van der Waals surface area contributed by atoms with Crippen molar-refractivity contribution in [2.75, 3.05) is 6.61 Å². The number of hydrogen-bond donors (Lipinski definition) is 3. The van der Waals surface area contributed by atoms with Gasteiger partial charge >= 0.3 is 12.0 Å². The third-order valence-corrected chi connectivity index (χ3v) is 2.86. The largest absolute Gasteiger partial charge is 0.480 e. The number of aliphatic hydroxyl groups excluding tert-OH is 1. The molecule has 0 aliphatic rings. The van der Waals surface area contributed by atoms with Crippen molar-refractivity contribution in [3.63, 3.8) is 0 Å². The molecule has 6 heteroatoms. The summed E-state index contributed by atoms with van der Waals surface area (Å²) in [5, 5.41) is 20.1. The van der Waals surface area contributed by atoms with Gasteiger partial charge in [0.25, 0.3) is 0 Å². The van der Waals surface area contributed by atoms with Crippen molar-refractivity contribution in [1.82, 2.24) is 10.2 Å². The number of carbonyl (C=O) groups excluding carboxylic acids is 1. The number of amides is 2. The third kappa shape index (κ3) is 4.55. The second kappa shape index (κ2) is 7.49. The molecule has 1 rings (SSSR count). The maximum Gasteiger partial charge on any atom is 0.328 e. The number of carboxylic acid groups (broad SMARTS) is 1. The molecule has 0 saturated heterocycles. The van der Waals surface area contributed by atoms with Crippen LogP contribution in [-0.2, 0) is 11.3 Å². The molecule has 0 fully saturated rings. The van der Waals surface area contributed by atoms with Crippen molar-refractivity contribution in [3.8, 4) is 0 Å². The molecule has 20 heavy (non-hydrogen) atoms. The van der Waals surface area contributed by atoms with Gasteiger partial charge in [-0.1, -0.05) is 30.3 Å². The summed E-state index contributed by atoms with van der Waals surface area (Å²) >= 11 is 0. The van der Waals surface area contributed by atoms with Gasteiger partial charge in [-0.15, -0.1) is 0 Å². The summed E-state index contributed by atoms with van der Waals surface area (Å²) < 4.78 is 0. The van der Waals surface area contributed by atoms with Gasteiger partial charge < -0.3 is 20.4 Å². The number of carboxylic acids is 1. The maximum absolute atomic E-state index is 12.1. The second-order valence-electron chi connectivity index (χ2n) is 4.73. The first-order chi connectivity index (χ1) is 9.45. The normalized spacial score (nSPS) is 12.0. The quantitative estimate of drug-likeness (QED) is 0.726. The van der Waals surface area contributed by atoms with Crippen LogP contribution in [-0.4, -0.2) is 45.8 Å². The van der Waals surface area contributed by atoms with Crippen molar-refractivity contribution in [2.45, 2.75) is 32.5 Å². The molecule has 1 aromatic rings. The highest BCUT2D eigenvalue weighted by atomic mass is 16.4. The Balaban J connectivity index is 2.75. The van der Waals surface area contributed by atoms with Crippen molar-refractivity contribution < 1.29 is 19.8 Å². The van der Waals surface area contributed by atoms with Crippen LogP contribution in [0.15, 0.2) is 30.3 Å². The molecule has 2 amide bonds. The minimum Gasteiger partial charge on any atom is -0.480 e. The Bertz CT molecular complexity index is 448. The fraction of sp³-hybridized carbons (Fsp3) is 0.429. The molecule has 3 N–H and O–H groups in total. The number of rotatable bonds is 6. The van der Waals surface area contributed by atoms with Gasteiger partial charge in [-0.2, -0.15) is 0 Å². The Labute approximate surface area is 118 Å². The second-order valence-corrected chi connectivity index (χ2v) is 4.73. The van der Waals surface area contributed by atoms with E-state index >= 15 is 0 Å². The van der Waals surface area contributed by atoms with Crippen LogP contribution >= 0.6 is 0 Å². The molecular weight excluding hydrogens is 260 g/mol. The lowest BCUT2D eigenvalue weighted by atomic mass is 10.2. The Morgan fingerprint density at radius 1 is 1.25 bits per heavy atom. The molecule has 0 radical (unpaired) electrons. The van der Waals surface area contributed by atoms with Gasteiger partial charge in [0.05, 0.1) is 6.61 Å². The van der Waals surface area contributed by atoms with E-state index < -0.39 is 24.6 Å². The summed E-state index contributed by atoms with van der Waals surface area (Å²) in [5.74, 6) is -1.26. The minimum atomic E-state index is -1.29. The summed E-state index contributed by atoms with van der Waals surface area (Å²) in [6, 6.07) is 7.52. The van der Waals surface area contributed by atoms with Gasteiger partial charge in [0.2, 0.25) is 0 Å². The Kier molecular flexibility index (Phi) is 5.99. The zero-order valence-electron chi connectivity index (χ0n) is 11.6. The van der Waals surface area contributed by atoms with Crippen LogP contribution in [0, 0.1) is 0 Å². The van der Waals surface area contributed by atoms with Crippen molar-refractivity contribution in [3.05, 3.63) is 35.9 Å². The van der Waals surface area contributed by atoms with E-state index in [-0.39, 0.29) is 6.04 Å². The van der Waals surface area contributed by atoms with Crippen LogP contribution in [0.4, 0.5) is 4.79 Å². The summed E-state index contributed by atoms with van der Waals surface area (Å²) in [6.45, 7) is 3.43. The van der Waals surface area contributed by atoms with Gasteiger partial charge in [0, 0.05) is 12.6 Å². The van der Waals surface area contributed by atoms with Crippen LogP contribution < -0.4 is 5.32 Å². The molecule has 1 aromatic carbocycles. The fourth-order valence-electron chi connectivity index (χ4n) is 1.69. The average Bonchev–Trinajstić information content (AvgIpc) is 2.42. The molecule has 0 saturated carbocycles. The van der Waals surface area contributed by atoms with E-state index in [1.165, 1.54) is 4.90 Å². The SMILES string of the molecule is CC(C)N(Cc1ccccc1)C(=O)NC(CO)C(=O)O. The number of carbonyl (C=O) groups is 2. The van der Waals surface area contributed by atoms with Crippen LogP contribution in [0.5, 0.6) is 0 Å². The van der Waals surface area contributed by atoms with E-state index in [0.717, 1.165) is 5.56 Å². The maximum atomic E-state index is 12.1. The number of benzene rings is 1. The van der Waals surface area contributed by atoms with Gasteiger partial charge in [-0.25, -0.2) is 9.59 Å². The summed E-state index contributed by atoms with van der Waals surface area (Å²) in [4.78, 5) is 24.4. The van der Waals surface area contributed by atoms with E-state index in [1.807, 2.05) is 44.2 Å². The molecule has 0 aliphatic heterocycles. The van der Waals surface area contributed by atoms with E-state index in [1.54, 1.807) is 0 Å². The molecule has 0 aliphatic carbocycles. The van der Waals surface area contributed by atoms with Crippen LogP contribution in [0.1, 0.15) is 19.4 Å². The molecule has 110 valence electrons. The van der Waals surface area contributed by atoms with Gasteiger partial charge in [0.15, 0.2) is 6.04 Å². The highest BCUT2D eigenvalue weighted by Gasteiger charge is 2.24. The molecule has 1 unspecified atom stereocenters. The number of aliphatic carboxylic acids is 1. The molecule has 0 aromatic heterocycles. The molecule has 6 nitrogen and oxygen atoms in total. The van der Waals surface area contributed by atoms with Gasteiger partial charge in [-0.05, 0) is 19.4 Å². The lowest BCUT2D eigenvalue weighted by Crippen LogP contribution is -2.51. The lowest BCUT2D eigenvalue weighted by Gasteiger charge is -2.28. The number of urea groups is 1. The Hall–Kier alpha value is -2.08. The minimum absolute atomic E-state index is 0.0941. The third-order valence-electron chi connectivity index (χ3n) is 2.86. The number of nitrogens with one attached hydrogen (secondary N) is 1. The predicted octanol–water partition coefficient (Wildman–Crippen LogP) is 1.05.